The summed E-state index contributed by atoms with van der Waals surface area (Å²) in [5.41, 5.74) is -1.13. The van der Waals surface area contributed by atoms with Gasteiger partial charge in [0.15, 0.2) is 0 Å². The quantitative estimate of drug-likeness (QED) is 0.760. The molecule has 6 heteroatoms. The van der Waals surface area contributed by atoms with E-state index >= 15 is 0 Å². The minimum absolute atomic E-state index is 0.125. The third-order valence-electron chi connectivity index (χ3n) is 3.32. The van der Waals surface area contributed by atoms with Crippen molar-refractivity contribution in [1.29, 1.82) is 0 Å². The number of hydrogen-bond acceptors (Lipinski definition) is 4. The molecule has 0 aromatic rings. The summed E-state index contributed by atoms with van der Waals surface area (Å²) in [5, 5.41) is 19.5. The number of piperidine rings is 1. The van der Waals surface area contributed by atoms with Crippen LogP contribution in [0.5, 0.6) is 0 Å². The summed E-state index contributed by atoms with van der Waals surface area (Å²) < 4.78 is 24.3. The van der Waals surface area contributed by atoms with Gasteiger partial charge in [0.05, 0.1) is 18.0 Å². The Morgan fingerprint density at radius 3 is 2.53 bits per heavy atom. The highest BCUT2D eigenvalue weighted by Gasteiger charge is 2.31. The normalized spacial score (nSPS) is 25.8. The molecule has 1 aliphatic heterocycles. The van der Waals surface area contributed by atoms with Crippen LogP contribution in [0.2, 0.25) is 0 Å². The van der Waals surface area contributed by atoms with Crippen molar-refractivity contribution in [2.75, 3.05) is 19.3 Å². The molecule has 1 fully saturated rings. The van der Waals surface area contributed by atoms with Crippen molar-refractivity contribution in [3.8, 4) is 0 Å². The van der Waals surface area contributed by atoms with Gasteiger partial charge in [0.1, 0.15) is 0 Å². The third-order valence-corrected chi connectivity index (χ3v) is 4.59. The van der Waals surface area contributed by atoms with Crippen LogP contribution in [0.15, 0.2) is 0 Å². The van der Waals surface area contributed by atoms with Crippen LogP contribution in [0.25, 0.3) is 0 Å². The topological polar surface area (TPSA) is 77.8 Å². The lowest BCUT2D eigenvalue weighted by Crippen LogP contribution is -2.43. The summed E-state index contributed by atoms with van der Waals surface area (Å²) in [5.74, 6) is 0.125. The zero-order valence-electron chi connectivity index (χ0n) is 10.8. The summed E-state index contributed by atoms with van der Waals surface area (Å²) in [4.78, 5) is 0. The Kier molecular flexibility index (Phi) is 4.57. The average Bonchev–Trinajstić information content (AvgIpc) is 2.15. The summed E-state index contributed by atoms with van der Waals surface area (Å²) in [6.45, 7) is 4.14. The molecule has 2 N–H and O–H groups in total. The first kappa shape index (κ1) is 14.9. The first-order chi connectivity index (χ1) is 7.60. The van der Waals surface area contributed by atoms with Gasteiger partial charge in [0.2, 0.25) is 10.0 Å². The summed E-state index contributed by atoms with van der Waals surface area (Å²) in [6, 6.07) is 0. The molecule has 0 aliphatic carbocycles. The van der Waals surface area contributed by atoms with Gasteiger partial charge in [-0.25, -0.2) is 12.7 Å². The van der Waals surface area contributed by atoms with E-state index in [-0.39, 0.29) is 5.92 Å². The van der Waals surface area contributed by atoms with Gasteiger partial charge in [-0.15, -0.1) is 0 Å². The molecule has 1 aliphatic rings. The maximum atomic E-state index is 11.4. The van der Waals surface area contributed by atoms with Crippen LogP contribution in [-0.2, 0) is 10.0 Å². The maximum absolute atomic E-state index is 11.4. The van der Waals surface area contributed by atoms with Crippen LogP contribution in [0.1, 0.15) is 33.1 Å². The average molecular weight is 265 g/mol. The fourth-order valence-corrected chi connectivity index (χ4v) is 3.07. The second-order valence-electron chi connectivity index (χ2n) is 5.53. The van der Waals surface area contributed by atoms with E-state index in [2.05, 4.69) is 0 Å². The minimum atomic E-state index is -3.14. The van der Waals surface area contributed by atoms with E-state index in [0.717, 1.165) is 12.8 Å². The maximum Gasteiger partial charge on any atom is 0.211 e. The Labute approximate surface area is 103 Å². The SMILES string of the molecule is CC(C)(O)C(O)CC1CCCN(S(C)(=O)=O)C1. The van der Waals surface area contributed by atoms with Crippen molar-refractivity contribution in [3.63, 3.8) is 0 Å². The van der Waals surface area contributed by atoms with Gasteiger partial charge in [-0.3, -0.25) is 0 Å². The van der Waals surface area contributed by atoms with Crippen LogP contribution in [0.3, 0.4) is 0 Å². The summed E-state index contributed by atoms with van der Waals surface area (Å²) in [7, 11) is -3.14. The molecule has 0 aromatic heterocycles. The lowest BCUT2D eigenvalue weighted by Gasteiger charge is -2.34. The van der Waals surface area contributed by atoms with E-state index in [4.69, 9.17) is 0 Å². The third kappa shape index (κ3) is 4.54. The predicted molar refractivity (Wildman–Crippen MR) is 66.1 cm³/mol. The molecule has 102 valence electrons. The number of hydrogen-bond donors (Lipinski definition) is 2. The van der Waals surface area contributed by atoms with Crippen molar-refractivity contribution in [2.24, 2.45) is 5.92 Å². The summed E-state index contributed by atoms with van der Waals surface area (Å²) >= 11 is 0. The van der Waals surface area contributed by atoms with Gasteiger partial charge in [0, 0.05) is 13.1 Å². The minimum Gasteiger partial charge on any atom is -0.390 e. The van der Waals surface area contributed by atoms with Crippen molar-refractivity contribution >= 4 is 10.0 Å². The largest absolute Gasteiger partial charge is 0.390 e. The fraction of sp³-hybridized carbons (Fsp3) is 1.00. The van der Waals surface area contributed by atoms with Gasteiger partial charge in [-0.1, -0.05) is 0 Å². The van der Waals surface area contributed by atoms with Crippen molar-refractivity contribution < 1.29 is 18.6 Å². The Bertz CT molecular complexity index is 347. The molecule has 2 atom stereocenters. The van der Waals surface area contributed by atoms with Crippen LogP contribution >= 0.6 is 0 Å². The first-order valence-electron chi connectivity index (χ1n) is 5.96. The molecular weight excluding hydrogens is 242 g/mol. The highest BCUT2D eigenvalue weighted by atomic mass is 32.2. The lowest BCUT2D eigenvalue weighted by atomic mass is 9.88. The van der Waals surface area contributed by atoms with E-state index in [9.17, 15) is 18.6 Å². The van der Waals surface area contributed by atoms with Crippen LogP contribution in [0.4, 0.5) is 0 Å². The highest BCUT2D eigenvalue weighted by Crippen LogP contribution is 2.25. The Morgan fingerprint density at radius 1 is 1.47 bits per heavy atom. The van der Waals surface area contributed by atoms with Crippen molar-refractivity contribution in [1.82, 2.24) is 4.31 Å². The molecule has 5 nitrogen and oxygen atoms in total. The number of rotatable bonds is 4. The summed E-state index contributed by atoms with van der Waals surface area (Å²) in [6.07, 6.45) is 2.55. The molecule has 1 saturated heterocycles. The number of aliphatic hydroxyl groups excluding tert-OH is 1. The molecular formula is C11H23NO4S. The molecule has 1 heterocycles. The molecule has 17 heavy (non-hydrogen) atoms. The van der Waals surface area contributed by atoms with Crippen LogP contribution < -0.4 is 0 Å². The van der Waals surface area contributed by atoms with Crippen LogP contribution in [-0.4, -0.2) is 54.0 Å². The smallest absolute Gasteiger partial charge is 0.211 e. The molecule has 0 amide bonds. The first-order valence-corrected chi connectivity index (χ1v) is 7.81. The van der Waals surface area contributed by atoms with E-state index in [0.29, 0.717) is 19.5 Å². The lowest BCUT2D eigenvalue weighted by molar-refractivity contribution is -0.0606. The predicted octanol–water partition coefficient (Wildman–Crippen LogP) is 0.180. The van der Waals surface area contributed by atoms with Crippen molar-refractivity contribution in [2.45, 2.75) is 44.8 Å². The van der Waals surface area contributed by atoms with E-state index in [1.54, 1.807) is 13.8 Å². The van der Waals surface area contributed by atoms with Crippen molar-refractivity contribution in [3.05, 3.63) is 0 Å². The Balaban J connectivity index is 2.57. The van der Waals surface area contributed by atoms with Gasteiger partial charge >= 0.3 is 0 Å². The van der Waals surface area contributed by atoms with E-state index < -0.39 is 21.7 Å². The Hall–Kier alpha value is -0.170. The van der Waals surface area contributed by atoms with E-state index in [1.807, 2.05) is 0 Å². The molecule has 0 spiro atoms. The van der Waals surface area contributed by atoms with Crippen LogP contribution in [0, 0.1) is 5.92 Å². The fourth-order valence-electron chi connectivity index (χ4n) is 2.12. The monoisotopic (exact) mass is 265 g/mol. The highest BCUT2D eigenvalue weighted by molar-refractivity contribution is 7.88. The number of aliphatic hydroxyl groups is 2. The second kappa shape index (κ2) is 5.22. The van der Waals surface area contributed by atoms with Gasteiger partial charge in [-0.05, 0) is 39.0 Å². The molecule has 0 saturated carbocycles. The second-order valence-corrected chi connectivity index (χ2v) is 7.52. The van der Waals surface area contributed by atoms with Gasteiger partial charge < -0.3 is 10.2 Å². The zero-order chi connectivity index (χ0) is 13.3. The van der Waals surface area contributed by atoms with E-state index in [1.165, 1.54) is 10.6 Å². The molecule has 1 rings (SSSR count). The number of nitrogens with zero attached hydrogens (tertiary/aromatic N) is 1. The molecule has 2 unspecified atom stereocenters. The Morgan fingerprint density at radius 2 is 2.06 bits per heavy atom. The molecule has 0 aromatic carbocycles. The molecule has 0 radical (unpaired) electrons. The van der Waals surface area contributed by atoms with Gasteiger partial charge in [-0.2, -0.15) is 0 Å². The number of sulfonamides is 1. The molecule has 0 bridgehead atoms. The zero-order valence-corrected chi connectivity index (χ0v) is 11.6. The standard InChI is InChI=1S/C11H23NO4S/c1-11(2,14)10(13)7-9-5-4-6-12(8-9)17(3,15)16/h9-10,13-14H,4-8H2,1-3H3. The van der Waals surface area contributed by atoms with Gasteiger partial charge in [0.25, 0.3) is 0 Å².